The molecule has 0 amide bonds. The first-order valence-corrected chi connectivity index (χ1v) is 10.0. The molecule has 2 nitrogen and oxygen atoms in total. The molecule has 0 aliphatic carbocycles. The molecule has 1 aliphatic heterocycles. The van der Waals surface area contributed by atoms with Gasteiger partial charge in [-0.3, -0.25) is 4.90 Å². The Balaban J connectivity index is 1.75. The quantitative estimate of drug-likeness (QED) is 0.633. The first kappa shape index (κ1) is 20.4. The monoisotopic (exact) mass is 397 g/mol. The van der Waals surface area contributed by atoms with E-state index in [1.54, 1.807) is 44.2 Å². The van der Waals surface area contributed by atoms with E-state index in [0.29, 0.717) is 5.56 Å². The smallest absolute Gasteiger partial charge is 0.379 e. The largest absolute Gasteiger partial charge is 0.396 e. The summed E-state index contributed by atoms with van der Waals surface area (Å²) in [6.07, 6.45) is -4.26. The molecule has 1 unspecified atom stereocenters. The number of benzene rings is 1. The van der Waals surface area contributed by atoms with Crippen molar-refractivity contribution in [2.45, 2.75) is 39.4 Å². The van der Waals surface area contributed by atoms with Gasteiger partial charge in [0.2, 0.25) is 0 Å². The fourth-order valence-electron chi connectivity index (χ4n) is 3.62. The Labute approximate surface area is 163 Å². The van der Waals surface area contributed by atoms with Gasteiger partial charge in [0.1, 0.15) is 0 Å². The summed E-state index contributed by atoms with van der Waals surface area (Å²) in [6, 6.07) is 11.0. The topological polar surface area (TPSA) is 12.5 Å². The van der Waals surface area contributed by atoms with Gasteiger partial charge in [-0.2, -0.15) is 13.2 Å². The second kappa shape index (κ2) is 7.94. The molecule has 2 aromatic rings. The Hall–Kier alpha value is -1.37. The van der Waals surface area contributed by atoms with E-state index in [4.69, 9.17) is 4.74 Å². The molecule has 2 heterocycles. The van der Waals surface area contributed by atoms with Gasteiger partial charge in [0.15, 0.2) is 0 Å². The summed E-state index contributed by atoms with van der Waals surface area (Å²) in [6.45, 7) is 9.22. The maximum absolute atomic E-state index is 13.5. The van der Waals surface area contributed by atoms with Crippen molar-refractivity contribution in [3.05, 3.63) is 46.8 Å². The first-order valence-electron chi connectivity index (χ1n) is 9.20. The fraction of sp³-hybridized carbons (Fsp3) is 0.524. The molecule has 1 saturated heterocycles. The normalized spacial score (nSPS) is 17.9. The van der Waals surface area contributed by atoms with Crippen molar-refractivity contribution in [3.8, 4) is 10.4 Å². The molecule has 0 radical (unpaired) electrons. The Morgan fingerprint density at radius 3 is 2.19 bits per heavy atom. The van der Waals surface area contributed by atoms with E-state index in [2.05, 4.69) is 17.0 Å². The molecule has 1 fully saturated rings. The fourth-order valence-corrected chi connectivity index (χ4v) is 4.67. The van der Waals surface area contributed by atoms with Crippen molar-refractivity contribution in [2.75, 3.05) is 26.3 Å². The number of hydrogen-bond acceptors (Lipinski definition) is 3. The molecule has 1 atom stereocenters. The van der Waals surface area contributed by atoms with Crippen molar-refractivity contribution in [1.82, 2.24) is 4.90 Å². The standard InChI is InChI=1S/C21H26F3NOS/c1-20(2,3)19(21(22,23)24)16-6-4-15(5-7-16)18-9-8-17(27-18)14-25-10-12-26-13-11-25/h4-9,19H,10-14H2,1-3H3. The van der Waals surface area contributed by atoms with Gasteiger partial charge in [-0.25, -0.2) is 0 Å². The van der Waals surface area contributed by atoms with Gasteiger partial charge < -0.3 is 4.74 Å². The zero-order chi connectivity index (χ0) is 19.7. The van der Waals surface area contributed by atoms with E-state index < -0.39 is 17.5 Å². The highest BCUT2D eigenvalue weighted by molar-refractivity contribution is 7.15. The predicted octanol–water partition coefficient (Wildman–Crippen LogP) is 5.94. The molecule has 148 valence electrons. The third-order valence-corrected chi connectivity index (χ3v) is 5.99. The third kappa shape index (κ3) is 5.12. The lowest BCUT2D eigenvalue weighted by molar-refractivity contribution is -0.171. The Kier molecular flexibility index (Phi) is 5.99. The molecule has 0 bridgehead atoms. The molecule has 27 heavy (non-hydrogen) atoms. The van der Waals surface area contributed by atoms with Crippen LogP contribution in [0.25, 0.3) is 10.4 Å². The maximum atomic E-state index is 13.5. The second-order valence-electron chi connectivity index (χ2n) is 8.12. The lowest BCUT2D eigenvalue weighted by Gasteiger charge is -2.32. The van der Waals surface area contributed by atoms with Crippen molar-refractivity contribution < 1.29 is 17.9 Å². The third-order valence-electron chi connectivity index (χ3n) is 4.87. The van der Waals surface area contributed by atoms with Gasteiger partial charge in [-0.05, 0) is 28.7 Å². The van der Waals surface area contributed by atoms with Crippen molar-refractivity contribution in [3.63, 3.8) is 0 Å². The number of halogens is 3. The summed E-state index contributed by atoms with van der Waals surface area (Å²) in [5, 5.41) is 0. The minimum atomic E-state index is -4.26. The van der Waals surface area contributed by atoms with Crippen LogP contribution in [0.5, 0.6) is 0 Å². The lowest BCUT2D eigenvalue weighted by atomic mass is 9.76. The number of rotatable bonds is 4. The highest BCUT2D eigenvalue weighted by atomic mass is 32.1. The van der Waals surface area contributed by atoms with Crippen LogP contribution in [0, 0.1) is 5.41 Å². The number of alkyl halides is 3. The lowest BCUT2D eigenvalue weighted by Crippen LogP contribution is -2.35. The molecule has 1 aromatic heterocycles. The van der Waals surface area contributed by atoms with E-state index in [9.17, 15) is 13.2 Å². The predicted molar refractivity (Wildman–Crippen MR) is 104 cm³/mol. The number of ether oxygens (including phenoxy) is 1. The van der Waals surface area contributed by atoms with Crippen LogP contribution in [0.15, 0.2) is 36.4 Å². The van der Waals surface area contributed by atoms with Gasteiger partial charge >= 0.3 is 6.18 Å². The zero-order valence-corrected chi connectivity index (χ0v) is 16.8. The van der Waals surface area contributed by atoms with E-state index >= 15 is 0 Å². The van der Waals surface area contributed by atoms with Gasteiger partial charge in [0.25, 0.3) is 0 Å². The summed E-state index contributed by atoms with van der Waals surface area (Å²) >= 11 is 1.70. The summed E-state index contributed by atoms with van der Waals surface area (Å²) in [4.78, 5) is 4.71. The van der Waals surface area contributed by atoms with Crippen LogP contribution in [0.1, 0.15) is 37.1 Å². The molecule has 1 aromatic carbocycles. The highest BCUT2D eigenvalue weighted by Crippen LogP contribution is 2.47. The summed E-state index contributed by atoms with van der Waals surface area (Å²) < 4.78 is 46.0. The minimum absolute atomic E-state index is 0.323. The minimum Gasteiger partial charge on any atom is -0.379 e. The number of hydrogen-bond donors (Lipinski definition) is 0. The van der Waals surface area contributed by atoms with Crippen LogP contribution in [0.3, 0.4) is 0 Å². The molecule has 0 spiro atoms. The highest BCUT2D eigenvalue weighted by Gasteiger charge is 2.47. The van der Waals surface area contributed by atoms with E-state index in [1.165, 1.54) is 4.88 Å². The average molecular weight is 398 g/mol. The summed E-state index contributed by atoms with van der Waals surface area (Å²) in [5.74, 6) is -1.47. The van der Waals surface area contributed by atoms with Crippen molar-refractivity contribution in [1.29, 1.82) is 0 Å². The summed E-state index contributed by atoms with van der Waals surface area (Å²) in [7, 11) is 0. The number of thiophene rings is 1. The number of morpholine rings is 1. The van der Waals surface area contributed by atoms with Gasteiger partial charge in [-0.15, -0.1) is 11.3 Å². The SMILES string of the molecule is CC(C)(C)C(c1ccc(-c2ccc(CN3CCOCC3)s2)cc1)C(F)(F)F. The van der Waals surface area contributed by atoms with Gasteiger partial charge in [0, 0.05) is 29.4 Å². The maximum Gasteiger partial charge on any atom is 0.396 e. The molecule has 0 N–H and O–H groups in total. The van der Waals surface area contributed by atoms with Crippen LogP contribution in [-0.4, -0.2) is 37.4 Å². The number of nitrogens with zero attached hydrogens (tertiary/aromatic N) is 1. The van der Waals surface area contributed by atoms with Gasteiger partial charge in [-0.1, -0.05) is 45.0 Å². The molecule has 6 heteroatoms. The Bertz CT molecular complexity index is 726. The summed E-state index contributed by atoms with van der Waals surface area (Å²) in [5.41, 5.74) is 0.407. The van der Waals surface area contributed by atoms with Crippen LogP contribution in [-0.2, 0) is 11.3 Å². The Morgan fingerprint density at radius 2 is 1.63 bits per heavy atom. The van der Waals surface area contributed by atoms with Crippen LogP contribution in [0.4, 0.5) is 13.2 Å². The van der Waals surface area contributed by atoms with E-state index in [-0.39, 0.29) is 0 Å². The van der Waals surface area contributed by atoms with Crippen LogP contribution in [0.2, 0.25) is 0 Å². The van der Waals surface area contributed by atoms with E-state index in [1.807, 2.05) is 12.1 Å². The second-order valence-corrected chi connectivity index (χ2v) is 9.29. The average Bonchev–Trinajstić information content (AvgIpc) is 3.02. The van der Waals surface area contributed by atoms with Crippen LogP contribution >= 0.6 is 11.3 Å². The first-order chi connectivity index (χ1) is 12.6. The molecular weight excluding hydrogens is 371 g/mol. The van der Waals surface area contributed by atoms with E-state index in [0.717, 1.165) is 43.3 Å². The molecular formula is C21H26F3NOS. The molecule has 3 rings (SSSR count). The Morgan fingerprint density at radius 1 is 1.00 bits per heavy atom. The molecule has 1 aliphatic rings. The van der Waals surface area contributed by atoms with Crippen LogP contribution < -0.4 is 0 Å². The van der Waals surface area contributed by atoms with Crippen molar-refractivity contribution in [2.24, 2.45) is 5.41 Å². The molecule has 0 saturated carbocycles. The zero-order valence-electron chi connectivity index (χ0n) is 16.0. The van der Waals surface area contributed by atoms with Crippen molar-refractivity contribution >= 4 is 11.3 Å². The van der Waals surface area contributed by atoms with Gasteiger partial charge in [0.05, 0.1) is 19.1 Å².